The number of nitrogens with zero attached hydrogens (tertiary/aromatic N) is 1. The molecule has 1 aliphatic carbocycles. The Bertz CT molecular complexity index is 1550. The molecule has 1 saturated carbocycles. The first-order valence-electron chi connectivity index (χ1n) is 14.5. The predicted molar refractivity (Wildman–Crippen MR) is 157 cm³/mol. The number of carboxylic acid groups (broad SMARTS) is 1. The Hall–Kier alpha value is -3.92. The highest BCUT2D eigenvalue weighted by molar-refractivity contribution is 6.33. The van der Waals surface area contributed by atoms with Crippen molar-refractivity contribution in [3.05, 3.63) is 87.9 Å². The first kappa shape index (κ1) is 29.2. The molecule has 6 rings (SSSR count). The number of carbonyl (C=O) groups is 3. The molecule has 0 spiro atoms. The van der Waals surface area contributed by atoms with E-state index in [0.29, 0.717) is 30.5 Å². The number of rotatable bonds is 8. The Morgan fingerprint density at radius 3 is 2.58 bits per heavy atom. The van der Waals surface area contributed by atoms with Gasteiger partial charge in [-0.05, 0) is 71.5 Å². The number of aliphatic hydroxyl groups excluding tert-OH is 1. The number of carbonyl (C=O) groups excluding carboxylic acids is 2. The first-order chi connectivity index (χ1) is 20.7. The number of benzene rings is 3. The van der Waals surface area contributed by atoms with E-state index in [9.17, 15) is 24.6 Å². The summed E-state index contributed by atoms with van der Waals surface area (Å²) in [5.74, 6) is -1.21. The van der Waals surface area contributed by atoms with Crippen molar-refractivity contribution >= 4 is 29.4 Å². The van der Waals surface area contributed by atoms with Crippen molar-refractivity contribution in [1.29, 1.82) is 0 Å². The van der Waals surface area contributed by atoms with E-state index in [2.05, 4.69) is 0 Å². The Balaban J connectivity index is 1.12. The zero-order chi connectivity index (χ0) is 30.1. The van der Waals surface area contributed by atoms with E-state index in [1.807, 2.05) is 47.4 Å². The lowest BCUT2D eigenvalue weighted by Gasteiger charge is -2.30. The van der Waals surface area contributed by atoms with Crippen LogP contribution >= 0.6 is 11.6 Å². The fourth-order valence-electron chi connectivity index (χ4n) is 6.07. The van der Waals surface area contributed by atoms with Gasteiger partial charge in [0.25, 0.3) is 5.91 Å². The fraction of sp³-hybridized carbons (Fsp3) is 0.364. The average Bonchev–Trinajstić information content (AvgIpc) is 3.64. The molecule has 2 aliphatic heterocycles. The van der Waals surface area contributed by atoms with Gasteiger partial charge in [-0.2, -0.15) is 0 Å². The van der Waals surface area contributed by atoms with Gasteiger partial charge in [-0.1, -0.05) is 48.7 Å². The second-order valence-electron chi connectivity index (χ2n) is 11.3. The molecule has 2 fully saturated rings. The van der Waals surface area contributed by atoms with Crippen molar-refractivity contribution in [3.8, 4) is 16.9 Å². The molecule has 3 aromatic carbocycles. The molecular formula is C33H32ClNO8. The lowest BCUT2D eigenvalue weighted by atomic mass is 10.0. The van der Waals surface area contributed by atoms with E-state index < -0.39 is 30.4 Å². The predicted octanol–water partition coefficient (Wildman–Crippen LogP) is 5.59. The number of esters is 1. The maximum Gasteiger partial charge on any atom is 0.341 e. The summed E-state index contributed by atoms with van der Waals surface area (Å²) in [5.41, 5.74) is 4.30. The van der Waals surface area contributed by atoms with Gasteiger partial charge in [-0.3, -0.25) is 4.79 Å². The van der Waals surface area contributed by atoms with Gasteiger partial charge in [0.05, 0.1) is 16.7 Å². The lowest BCUT2D eigenvalue weighted by molar-refractivity contribution is -0.204. The summed E-state index contributed by atoms with van der Waals surface area (Å²) in [7, 11) is 0. The van der Waals surface area contributed by atoms with Crippen LogP contribution in [0, 0.1) is 0 Å². The van der Waals surface area contributed by atoms with Crippen molar-refractivity contribution < 1.29 is 38.8 Å². The van der Waals surface area contributed by atoms with E-state index in [4.69, 9.17) is 25.8 Å². The SMILES string of the molecule is O=C(OC1CC(O)CC(C(=O)O)O1)c1cc(-c2cccc(COc3ccc4c(c3)CN(C3CCCC3)C4=O)c2)ccc1Cl. The van der Waals surface area contributed by atoms with Crippen molar-refractivity contribution in [3.63, 3.8) is 0 Å². The van der Waals surface area contributed by atoms with Crippen molar-refractivity contribution in [2.24, 2.45) is 0 Å². The van der Waals surface area contributed by atoms with Crippen molar-refractivity contribution in [2.75, 3.05) is 0 Å². The molecule has 2 N–H and O–H groups in total. The summed E-state index contributed by atoms with van der Waals surface area (Å²) < 4.78 is 16.8. The number of carboxylic acids is 1. The van der Waals surface area contributed by atoms with E-state index in [1.165, 1.54) is 12.8 Å². The van der Waals surface area contributed by atoms with Gasteiger partial charge in [-0.25, -0.2) is 9.59 Å². The van der Waals surface area contributed by atoms with E-state index in [-0.39, 0.29) is 29.3 Å². The van der Waals surface area contributed by atoms with Crippen LogP contribution in [-0.2, 0) is 27.4 Å². The number of fused-ring (bicyclic) bond motifs is 1. The molecule has 3 aromatic rings. The molecule has 3 unspecified atom stereocenters. The van der Waals surface area contributed by atoms with Gasteiger partial charge < -0.3 is 29.3 Å². The minimum atomic E-state index is -1.26. The summed E-state index contributed by atoms with van der Waals surface area (Å²) in [6, 6.07) is 18.7. The Morgan fingerprint density at radius 2 is 1.79 bits per heavy atom. The van der Waals surface area contributed by atoms with Gasteiger partial charge in [0, 0.05) is 31.0 Å². The molecule has 3 atom stereocenters. The summed E-state index contributed by atoms with van der Waals surface area (Å²) in [6.45, 7) is 0.932. The number of halogens is 1. The van der Waals surface area contributed by atoms with Gasteiger partial charge in [0.2, 0.25) is 6.29 Å². The standard InChI is InChI=1S/C33H32ClNO8/c34-28-11-8-21(14-27(28)33(40)43-30-16-24(36)15-29(42-30)32(38)39)20-5-3-4-19(12-20)18-41-25-9-10-26-22(13-25)17-35(31(26)37)23-6-1-2-7-23/h3-5,8-14,23-24,29-30,36H,1-2,6-7,15-18H2,(H,38,39). The smallest absolute Gasteiger partial charge is 0.341 e. The minimum absolute atomic E-state index is 0.0336. The van der Waals surface area contributed by atoms with Crippen LogP contribution < -0.4 is 4.74 Å². The van der Waals surface area contributed by atoms with E-state index in [1.54, 1.807) is 18.2 Å². The highest BCUT2D eigenvalue weighted by Gasteiger charge is 2.36. The molecule has 43 heavy (non-hydrogen) atoms. The molecule has 0 radical (unpaired) electrons. The van der Waals surface area contributed by atoms with Crippen LogP contribution in [0.15, 0.2) is 60.7 Å². The molecular weight excluding hydrogens is 574 g/mol. The highest BCUT2D eigenvalue weighted by atomic mass is 35.5. The summed E-state index contributed by atoms with van der Waals surface area (Å²) in [4.78, 5) is 39.2. The third-order valence-electron chi connectivity index (χ3n) is 8.31. The third kappa shape index (κ3) is 6.39. The van der Waals surface area contributed by atoms with Crippen molar-refractivity contribution in [2.45, 2.75) is 76.2 Å². The Morgan fingerprint density at radius 1 is 1.00 bits per heavy atom. The number of ether oxygens (including phenoxy) is 3. The second kappa shape index (κ2) is 12.4. The van der Waals surface area contributed by atoms with Crippen LogP contribution in [0.5, 0.6) is 5.75 Å². The van der Waals surface area contributed by atoms with Gasteiger partial charge >= 0.3 is 11.9 Å². The van der Waals surface area contributed by atoms with Crippen LogP contribution in [0.25, 0.3) is 11.1 Å². The Kier molecular flexibility index (Phi) is 8.38. The van der Waals surface area contributed by atoms with Crippen LogP contribution in [0.2, 0.25) is 5.02 Å². The quantitative estimate of drug-likeness (QED) is 0.319. The third-order valence-corrected chi connectivity index (χ3v) is 8.64. The molecule has 1 amide bonds. The Labute approximate surface area is 253 Å². The molecule has 0 bridgehead atoms. The number of hydrogen-bond donors (Lipinski definition) is 2. The van der Waals surface area contributed by atoms with Crippen LogP contribution in [0.4, 0.5) is 0 Å². The maximum absolute atomic E-state index is 13.0. The van der Waals surface area contributed by atoms with Crippen LogP contribution in [0.3, 0.4) is 0 Å². The monoisotopic (exact) mass is 605 g/mol. The maximum atomic E-state index is 13.0. The topological polar surface area (TPSA) is 123 Å². The van der Waals surface area contributed by atoms with Gasteiger partial charge in [0.1, 0.15) is 12.4 Å². The molecule has 0 aromatic heterocycles. The molecule has 3 aliphatic rings. The average molecular weight is 606 g/mol. The minimum Gasteiger partial charge on any atom is -0.489 e. The number of aliphatic carboxylic acids is 1. The first-order valence-corrected chi connectivity index (χ1v) is 14.9. The summed E-state index contributed by atoms with van der Waals surface area (Å²) in [6.07, 6.45) is 0.942. The number of aliphatic hydroxyl groups is 1. The molecule has 10 heteroatoms. The van der Waals surface area contributed by atoms with E-state index >= 15 is 0 Å². The number of hydrogen-bond acceptors (Lipinski definition) is 7. The largest absolute Gasteiger partial charge is 0.489 e. The second-order valence-corrected chi connectivity index (χ2v) is 11.7. The zero-order valence-electron chi connectivity index (χ0n) is 23.4. The van der Waals surface area contributed by atoms with Crippen LogP contribution in [-0.4, -0.2) is 57.5 Å². The zero-order valence-corrected chi connectivity index (χ0v) is 24.2. The van der Waals surface area contributed by atoms with Gasteiger partial charge in [0.15, 0.2) is 6.10 Å². The molecule has 9 nitrogen and oxygen atoms in total. The molecule has 2 heterocycles. The summed E-state index contributed by atoms with van der Waals surface area (Å²) >= 11 is 6.32. The van der Waals surface area contributed by atoms with Crippen LogP contribution in [0.1, 0.15) is 70.4 Å². The van der Waals surface area contributed by atoms with Gasteiger partial charge in [-0.15, -0.1) is 0 Å². The molecule has 224 valence electrons. The lowest BCUT2D eigenvalue weighted by Crippen LogP contribution is -2.42. The fourth-order valence-corrected chi connectivity index (χ4v) is 6.26. The van der Waals surface area contributed by atoms with Crippen molar-refractivity contribution in [1.82, 2.24) is 4.90 Å². The highest BCUT2D eigenvalue weighted by Crippen LogP contribution is 2.34. The molecule has 1 saturated heterocycles. The van der Waals surface area contributed by atoms with E-state index in [0.717, 1.165) is 35.1 Å². The number of amides is 1. The summed E-state index contributed by atoms with van der Waals surface area (Å²) in [5, 5.41) is 19.4. The normalized spacial score (nSPS) is 22.0.